The van der Waals surface area contributed by atoms with Crippen LogP contribution in [0.5, 0.6) is 0 Å². The maximum absolute atomic E-state index is 9.45. The third-order valence-corrected chi connectivity index (χ3v) is 16.8. The second kappa shape index (κ2) is 7.78. The summed E-state index contributed by atoms with van der Waals surface area (Å²) in [4.78, 5) is 0. The summed E-state index contributed by atoms with van der Waals surface area (Å²) in [5.74, 6) is 7.80. The summed E-state index contributed by atoms with van der Waals surface area (Å²) in [5, 5.41) is 5.51. The van der Waals surface area contributed by atoms with Crippen molar-refractivity contribution in [1.82, 2.24) is 0 Å². The quantitative estimate of drug-likeness (QED) is 0.209. The Hall–Kier alpha value is -2.43. The van der Waals surface area contributed by atoms with Crippen molar-refractivity contribution in [2.24, 2.45) is 7.05 Å². The molecule has 0 N–H and O–H groups in total. The molecule has 1 unspecified atom stereocenters. The van der Waals surface area contributed by atoms with Crippen molar-refractivity contribution in [1.29, 1.82) is 0 Å². The van der Waals surface area contributed by atoms with Crippen LogP contribution < -0.4 is 14.1 Å². The molecule has 3 heteroatoms. The van der Waals surface area contributed by atoms with Gasteiger partial charge in [0, 0.05) is 0 Å². The van der Waals surface area contributed by atoms with Gasteiger partial charge in [0.15, 0.2) is 0 Å². The Morgan fingerprint density at radius 1 is 1.00 bits per heavy atom. The third kappa shape index (κ3) is 3.37. The van der Waals surface area contributed by atoms with Crippen LogP contribution in [0.3, 0.4) is 0 Å². The summed E-state index contributed by atoms with van der Waals surface area (Å²) in [6.07, 6.45) is 2.18. The first-order valence-electron chi connectivity index (χ1n) is 13.4. The van der Waals surface area contributed by atoms with E-state index in [0.717, 1.165) is 17.7 Å². The molecule has 3 aromatic carbocycles. The summed E-state index contributed by atoms with van der Waals surface area (Å²) in [5.41, 5.74) is 8.18. The number of aryl methyl sites for hydroxylation is 1. The van der Waals surface area contributed by atoms with Gasteiger partial charge in [0.1, 0.15) is 0 Å². The van der Waals surface area contributed by atoms with Crippen molar-refractivity contribution in [3.63, 3.8) is 0 Å². The van der Waals surface area contributed by atoms with Crippen molar-refractivity contribution in [3.05, 3.63) is 89.1 Å². The number of nitrogens with zero attached hydrogens (tertiary/aromatic N) is 1. The molecular formula is C32H36GeNSi+. The second-order valence-corrected chi connectivity index (χ2v) is 26.8. The summed E-state index contributed by atoms with van der Waals surface area (Å²) < 4.78 is 13.3. The van der Waals surface area contributed by atoms with Crippen molar-refractivity contribution >= 4 is 52.9 Å². The van der Waals surface area contributed by atoms with Gasteiger partial charge >= 0.3 is 210 Å². The first-order valence-corrected chi connectivity index (χ1v) is 23.0. The fraction of sp³-hybridized carbons (Fsp3) is 0.281. The first kappa shape index (κ1) is 21.8. The number of aromatic nitrogens is 1. The molecule has 2 aliphatic heterocycles. The molecule has 4 aromatic rings. The molecule has 0 aliphatic carbocycles. The van der Waals surface area contributed by atoms with Gasteiger partial charge in [-0.15, -0.1) is 0 Å². The summed E-state index contributed by atoms with van der Waals surface area (Å²) in [7, 11) is -0.00563. The Bertz CT molecular complexity index is 1590. The fourth-order valence-electron chi connectivity index (χ4n) is 6.57. The van der Waals surface area contributed by atoms with E-state index in [-0.39, 0.29) is 0 Å². The molecule has 0 amide bonds. The van der Waals surface area contributed by atoms with Crippen LogP contribution in [0.4, 0.5) is 0 Å². The second-order valence-electron chi connectivity index (χ2n) is 12.1. The van der Waals surface area contributed by atoms with Crippen LogP contribution >= 0.6 is 0 Å². The van der Waals surface area contributed by atoms with E-state index in [2.05, 4.69) is 116 Å². The van der Waals surface area contributed by atoms with Gasteiger partial charge in [-0.3, -0.25) is 0 Å². The van der Waals surface area contributed by atoms with E-state index in [4.69, 9.17) is 0 Å². The van der Waals surface area contributed by atoms with Gasteiger partial charge in [0.05, 0.1) is 0 Å². The normalized spacial score (nSPS) is 19.3. The van der Waals surface area contributed by atoms with Crippen LogP contribution in [-0.4, -0.2) is 21.3 Å². The molecule has 1 aromatic heterocycles. The van der Waals surface area contributed by atoms with Gasteiger partial charge in [-0.25, -0.2) is 0 Å². The van der Waals surface area contributed by atoms with Crippen LogP contribution in [0.15, 0.2) is 66.9 Å². The Kier molecular flexibility index (Phi) is 4.85. The molecule has 0 radical (unpaired) electrons. The van der Waals surface area contributed by atoms with E-state index in [1.54, 1.807) is 0 Å². The topological polar surface area (TPSA) is 3.88 Å². The molecule has 0 saturated heterocycles. The third-order valence-electron chi connectivity index (χ3n) is 8.29. The zero-order valence-corrected chi connectivity index (χ0v) is 25.2. The molecule has 2 aliphatic rings. The summed E-state index contributed by atoms with van der Waals surface area (Å²) >= 11 is -1.90. The number of rotatable bonds is 3. The SMILES string of the molecule is [2H]C1=C(c2cc[c]([Ge]([CH3])([CH3])[CH3])cc2)[Si]2(C)Cc3c(cc4ccccc4c3C(C)C)-c3c2c1cc[n+]3C. The van der Waals surface area contributed by atoms with Crippen LogP contribution in [0, 0.1) is 0 Å². The zero-order valence-electron chi connectivity index (χ0n) is 23.1. The molecule has 3 heterocycles. The van der Waals surface area contributed by atoms with Crippen LogP contribution in [0.1, 0.15) is 43.4 Å². The summed E-state index contributed by atoms with van der Waals surface area (Å²) in [6, 6.07) is 24.7. The summed E-state index contributed by atoms with van der Waals surface area (Å²) in [6.45, 7) is 7.22. The zero-order chi connectivity index (χ0) is 25.6. The van der Waals surface area contributed by atoms with Crippen LogP contribution in [-0.2, 0) is 13.1 Å². The number of fused-ring (bicyclic) bond motifs is 3. The Labute approximate surface area is 215 Å². The van der Waals surface area contributed by atoms with Crippen molar-refractivity contribution in [2.45, 2.75) is 49.6 Å². The van der Waals surface area contributed by atoms with E-state index in [1.165, 1.54) is 53.5 Å². The molecule has 1 atom stereocenters. The minimum absolute atomic E-state index is 0.444. The van der Waals surface area contributed by atoms with Gasteiger partial charge in [0.2, 0.25) is 0 Å². The monoisotopic (exact) mass is 537 g/mol. The molecule has 0 spiro atoms. The van der Waals surface area contributed by atoms with E-state index >= 15 is 0 Å². The van der Waals surface area contributed by atoms with E-state index in [0.29, 0.717) is 5.92 Å². The van der Waals surface area contributed by atoms with E-state index in [1.807, 2.05) is 0 Å². The molecule has 0 fully saturated rings. The molecule has 176 valence electrons. The Morgan fingerprint density at radius 3 is 2.40 bits per heavy atom. The number of benzene rings is 3. The van der Waals surface area contributed by atoms with Crippen molar-refractivity contribution in [3.8, 4) is 11.3 Å². The fourth-order valence-corrected chi connectivity index (χ4v) is 13.5. The maximum atomic E-state index is 9.45. The average Bonchev–Trinajstić information content (AvgIpc) is 3.04. The standard InChI is InChI=1S/C32H36GeNSi/c1-21(2)30-26-11-9-8-10-23(26)18-27-28(30)20-35(7)29(19-24-16-17-34(6)31(27)32(24)35)22-12-14-25(15-13-22)33(3,4)5/h8-19,21H,20H2,1-7H3/q+1/i19D. The van der Waals surface area contributed by atoms with Gasteiger partial charge in [-0.1, -0.05) is 6.07 Å². The van der Waals surface area contributed by atoms with Crippen molar-refractivity contribution in [2.75, 3.05) is 0 Å². The Balaban J connectivity index is 1.65. The molecular weight excluding hydrogens is 499 g/mol. The number of hydrogen-bond acceptors (Lipinski definition) is 0. The molecule has 0 saturated carbocycles. The van der Waals surface area contributed by atoms with Gasteiger partial charge in [-0.2, -0.15) is 0 Å². The average molecular weight is 536 g/mol. The van der Waals surface area contributed by atoms with E-state index in [9.17, 15) is 1.37 Å². The van der Waals surface area contributed by atoms with Crippen molar-refractivity contribution < 1.29 is 5.94 Å². The van der Waals surface area contributed by atoms with Gasteiger partial charge < -0.3 is 0 Å². The van der Waals surface area contributed by atoms with Crippen LogP contribution in [0.2, 0.25) is 23.8 Å². The molecule has 0 bridgehead atoms. The molecule has 6 rings (SSSR count). The van der Waals surface area contributed by atoms with E-state index < -0.39 is 21.3 Å². The van der Waals surface area contributed by atoms with Gasteiger partial charge in [0.25, 0.3) is 0 Å². The number of hydrogen-bond donors (Lipinski definition) is 0. The molecule has 1 nitrogen and oxygen atoms in total. The molecule has 35 heavy (non-hydrogen) atoms. The minimum atomic E-state index is -2.20. The predicted octanol–water partition coefficient (Wildman–Crippen LogP) is 6.47. The first-order chi connectivity index (χ1) is 17.0. The number of pyridine rings is 1. The predicted molar refractivity (Wildman–Crippen MR) is 157 cm³/mol. The van der Waals surface area contributed by atoms with Gasteiger partial charge in [-0.05, 0) is 0 Å². The Morgan fingerprint density at radius 2 is 1.71 bits per heavy atom. The van der Waals surface area contributed by atoms with Crippen LogP contribution in [0.25, 0.3) is 33.3 Å².